The highest BCUT2D eigenvalue weighted by atomic mass is 35.5. The number of ether oxygens (including phenoxy) is 1. The normalized spacial score (nSPS) is 20.7. The van der Waals surface area contributed by atoms with E-state index in [2.05, 4.69) is 5.32 Å². The van der Waals surface area contributed by atoms with E-state index in [1.807, 2.05) is 0 Å². The number of halogens is 1. The second-order valence-electron chi connectivity index (χ2n) is 3.49. The first-order valence-corrected chi connectivity index (χ1v) is 5.33. The van der Waals surface area contributed by atoms with Gasteiger partial charge in [0.05, 0.1) is 22.1 Å². The number of nitrogens with one attached hydrogen (secondary N) is 1. The molecule has 16 heavy (non-hydrogen) atoms. The highest BCUT2D eigenvalue weighted by Crippen LogP contribution is 2.34. The zero-order chi connectivity index (χ0) is 11.5. The SMILES string of the molecule is O=[N+]([O-])c1cccc(Cl)c1C1CNCCO1. The van der Waals surface area contributed by atoms with Gasteiger partial charge in [-0.1, -0.05) is 17.7 Å². The fraction of sp³-hybridized carbons (Fsp3) is 0.400. The van der Waals surface area contributed by atoms with Crippen LogP contribution in [-0.2, 0) is 4.74 Å². The summed E-state index contributed by atoms with van der Waals surface area (Å²) in [6.45, 7) is 1.84. The van der Waals surface area contributed by atoms with E-state index in [4.69, 9.17) is 16.3 Å². The summed E-state index contributed by atoms with van der Waals surface area (Å²) in [5.74, 6) is 0. The van der Waals surface area contributed by atoms with E-state index in [1.54, 1.807) is 12.1 Å². The third-order valence-electron chi connectivity index (χ3n) is 2.48. The molecule has 6 heteroatoms. The molecule has 2 rings (SSSR count). The van der Waals surface area contributed by atoms with E-state index in [0.29, 0.717) is 23.7 Å². The molecule has 0 amide bonds. The first-order valence-electron chi connectivity index (χ1n) is 4.95. The summed E-state index contributed by atoms with van der Waals surface area (Å²) in [5.41, 5.74) is 0.475. The van der Waals surface area contributed by atoms with Crippen LogP contribution in [0.1, 0.15) is 11.7 Å². The van der Waals surface area contributed by atoms with Crippen molar-refractivity contribution in [3.05, 3.63) is 38.9 Å². The Morgan fingerprint density at radius 2 is 2.38 bits per heavy atom. The Kier molecular flexibility index (Phi) is 3.38. The van der Waals surface area contributed by atoms with Crippen LogP contribution in [0.5, 0.6) is 0 Å². The van der Waals surface area contributed by atoms with Crippen LogP contribution in [0.15, 0.2) is 18.2 Å². The van der Waals surface area contributed by atoms with Crippen LogP contribution >= 0.6 is 11.6 Å². The largest absolute Gasteiger partial charge is 0.371 e. The summed E-state index contributed by atoms with van der Waals surface area (Å²) in [7, 11) is 0. The first kappa shape index (κ1) is 11.3. The number of hydrogen-bond donors (Lipinski definition) is 1. The minimum Gasteiger partial charge on any atom is -0.371 e. The van der Waals surface area contributed by atoms with Gasteiger partial charge in [0.25, 0.3) is 5.69 Å². The van der Waals surface area contributed by atoms with E-state index in [1.165, 1.54) is 6.07 Å². The van der Waals surface area contributed by atoms with Crippen molar-refractivity contribution in [2.24, 2.45) is 0 Å². The Labute approximate surface area is 97.5 Å². The summed E-state index contributed by atoms with van der Waals surface area (Å²) < 4.78 is 5.48. The highest BCUT2D eigenvalue weighted by molar-refractivity contribution is 6.31. The van der Waals surface area contributed by atoms with Gasteiger partial charge < -0.3 is 10.1 Å². The predicted molar refractivity (Wildman–Crippen MR) is 59.7 cm³/mol. The molecule has 1 aliphatic heterocycles. The molecule has 1 aromatic rings. The summed E-state index contributed by atoms with van der Waals surface area (Å²) in [5, 5.41) is 14.4. The number of rotatable bonds is 2. The lowest BCUT2D eigenvalue weighted by molar-refractivity contribution is -0.386. The maximum atomic E-state index is 10.9. The number of morpholine rings is 1. The van der Waals surface area contributed by atoms with Crippen molar-refractivity contribution in [1.82, 2.24) is 5.32 Å². The number of hydrogen-bond acceptors (Lipinski definition) is 4. The first-order chi connectivity index (χ1) is 7.70. The molecular weight excluding hydrogens is 232 g/mol. The minimum atomic E-state index is -0.431. The molecule has 1 N–H and O–H groups in total. The molecule has 1 unspecified atom stereocenters. The molecular formula is C10H11ClN2O3. The fourth-order valence-corrected chi connectivity index (χ4v) is 2.05. The molecule has 0 spiro atoms. The van der Waals surface area contributed by atoms with E-state index in [9.17, 15) is 10.1 Å². The molecule has 1 heterocycles. The van der Waals surface area contributed by atoms with Crippen molar-refractivity contribution < 1.29 is 9.66 Å². The van der Waals surface area contributed by atoms with E-state index < -0.39 is 4.92 Å². The van der Waals surface area contributed by atoms with Crippen molar-refractivity contribution in [2.45, 2.75) is 6.10 Å². The van der Waals surface area contributed by atoms with Crippen LogP contribution in [-0.4, -0.2) is 24.6 Å². The zero-order valence-electron chi connectivity index (χ0n) is 8.48. The van der Waals surface area contributed by atoms with Gasteiger partial charge in [0.1, 0.15) is 6.10 Å². The van der Waals surface area contributed by atoms with Gasteiger partial charge in [-0.25, -0.2) is 0 Å². The molecule has 0 radical (unpaired) electrons. The maximum Gasteiger partial charge on any atom is 0.276 e. The molecule has 1 atom stereocenters. The van der Waals surface area contributed by atoms with Crippen molar-refractivity contribution in [3.63, 3.8) is 0 Å². The lowest BCUT2D eigenvalue weighted by atomic mass is 10.1. The molecule has 0 saturated carbocycles. The molecule has 1 aliphatic rings. The van der Waals surface area contributed by atoms with Crippen molar-refractivity contribution in [1.29, 1.82) is 0 Å². The van der Waals surface area contributed by atoms with E-state index >= 15 is 0 Å². The Balaban J connectivity index is 2.40. The molecule has 86 valence electrons. The molecule has 1 aromatic carbocycles. The van der Waals surface area contributed by atoms with Crippen LogP contribution in [0.4, 0.5) is 5.69 Å². The summed E-state index contributed by atoms with van der Waals surface area (Å²) in [6, 6.07) is 4.65. The van der Waals surface area contributed by atoms with Crippen LogP contribution in [0, 0.1) is 10.1 Å². The fourth-order valence-electron chi connectivity index (χ4n) is 1.75. The van der Waals surface area contributed by atoms with Crippen molar-refractivity contribution in [2.75, 3.05) is 19.7 Å². The van der Waals surface area contributed by atoms with Gasteiger partial charge in [-0.15, -0.1) is 0 Å². The van der Waals surface area contributed by atoms with Crippen molar-refractivity contribution in [3.8, 4) is 0 Å². The van der Waals surface area contributed by atoms with Gasteiger partial charge in [-0.2, -0.15) is 0 Å². The Morgan fingerprint density at radius 3 is 3.00 bits per heavy atom. The number of nitrogens with zero attached hydrogens (tertiary/aromatic N) is 1. The van der Waals surface area contributed by atoms with Crippen LogP contribution in [0.2, 0.25) is 5.02 Å². The second kappa shape index (κ2) is 4.78. The van der Waals surface area contributed by atoms with Gasteiger partial charge >= 0.3 is 0 Å². The zero-order valence-corrected chi connectivity index (χ0v) is 9.24. The quantitative estimate of drug-likeness (QED) is 0.636. The third kappa shape index (κ3) is 2.16. The molecule has 5 nitrogen and oxygen atoms in total. The number of nitro groups is 1. The van der Waals surface area contributed by atoms with Crippen molar-refractivity contribution >= 4 is 17.3 Å². The lowest BCUT2D eigenvalue weighted by Crippen LogP contribution is -2.33. The standard InChI is InChI=1S/C10H11ClN2O3/c11-7-2-1-3-8(13(14)15)10(7)9-6-12-4-5-16-9/h1-3,9,12H,4-6H2. The highest BCUT2D eigenvalue weighted by Gasteiger charge is 2.26. The van der Waals surface area contributed by atoms with Gasteiger partial charge in [0, 0.05) is 19.2 Å². The maximum absolute atomic E-state index is 10.9. The summed E-state index contributed by atoms with van der Waals surface area (Å²) in [4.78, 5) is 10.5. The van der Waals surface area contributed by atoms with Gasteiger partial charge in [0.2, 0.25) is 0 Å². The van der Waals surface area contributed by atoms with Gasteiger partial charge in [-0.3, -0.25) is 10.1 Å². The van der Waals surface area contributed by atoms with Crippen LogP contribution in [0.3, 0.4) is 0 Å². The second-order valence-corrected chi connectivity index (χ2v) is 3.90. The van der Waals surface area contributed by atoms with Gasteiger partial charge in [-0.05, 0) is 6.07 Å². The van der Waals surface area contributed by atoms with E-state index in [0.717, 1.165) is 6.54 Å². The minimum absolute atomic E-state index is 0.0150. The Hall–Kier alpha value is -1.17. The summed E-state index contributed by atoms with van der Waals surface area (Å²) in [6.07, 6.45) is -0.345. The molecule has 0 aliphatic carbocycles. The molecule has 1 fully saturated rings. The molecule has 0 aromatic heterocycles. The number of nitro benzene ring substituents is 1. The third-order valence-corrected chi connectivity index (χ3v) is 2.81. The topological polar surface area (TPSA) is 64.4 Å². The molecule has 0 bridgehead atoms. The summed E-state index contributed by atoms with van der Waals surface area (Å²) >= 11 is 5.99. The van der Waals surface area contributed by atoms with Crippen LogP contribution in [0.25, 0.3) is 0 Å². The predicted octanol–water partition coefficient (Wildman–Crippen LogP) is 1.91. The average Bonchev–Trinajstić information content (AvgIpc) is 2.29. The Bertz CT molecular complexity index is 405. The smallest absolute Gasteiger partial charge is 0.276 e. The van der Waals surface area contributed by atoms with Gasteiger partial charge in [0.15, 0.2) is 0 Å². The lowest BCUT2D eigenvalue weighted by Gasteiger charge is -2.24. The monoisotopic (exact) mass is 242 g/mol. The number of benzene rings is 1. The van der Waals surface area contributed by atoms with E-state index in [-0.39, 0.29) is 11.8 Å². The van der Waals surface area contributed by atoms with Crippen LogP contribution < -0.4 is 5.32 Å². The average molecular weight is 243 g/mol. The molecule has 1 saturated heterocycles. The Morgan fingerprint density at radius 1 is 1.56 bits per heavy atom.